The Morgan fingerprint density at radius 2 is 2.30 bits per heavy atom. The summed E-state index contributed by atoms with van der Waals surface area (Å²) >= 11 is 1.52. The van der Waals surface area contributed by atoms with Crippen molar-refractivity contribution in [1.82, 2.24) is 4.98 Å². The van der Waals surface area contributed by atoms with Crippen LogP contribution in [0.15, 0.2) is 17.5 Å². The second-order valence-corrected chi connectivity index (χ2v) is 5.18. The van der Waals surface area contributed by atoms with Crippen LogP contribution >= 0.6 is 11.3 Å². The van der Waals surface area contributed by atoms with E-state index in [4.69, 9.17) is 5.73 Å². The van der Waals surface area contributed by atoms with Crippen molar-refractivity contribution in [2.45, 2.75) is 13.5 Å². The molecule has 1 aromatic carbocycles. The number of nitrogens with one attached hydrogen (secondary N) is 1. The van der Waals surface area contributed by atoms with Crippen molar-refractivity contribution in [3.8, 4) is 0 Å². The quantitative estimate of drug-likeness (QED) is 0.669. The molecule has 0 radical (unpaired) electrons. The Morgan fingerprint density at radius 1 is 1.55 bits per heavy atom. The summed E-state index contributed by atoms with van der Waals surface area (Å²) in [5.41, 5.74) is 6.77. The molecule has 0 unspecified atom stereocenters. The summed E-state index contributed by atoms with van der Waals surface area (Å²) in [6, 6.07) is 2.44. The van der Waals surface area contributed by atoms with Crippen LogP contribution in [-0.2, 0) is 11.3 Å². The number of carbonyl (C=O) groups is 1. The van der Waals surface area contributed by atoms with Gasteiger partial charge in [-0.15, -0.1) is 11.3 Å². The van der Waals surface area contributed by atoms with Gasteiger partial charge in [-0.1, -0.05) is 0 Å². The number of ether oxygens (including phenoxy) is 1. The molecule has 0 bridgehead atoms. The van der Waals surface area contributed by atoms with Crippen LogP contribution in [0.25, 0.3) is 0 Å². The summed E-state index contributed by atoms with van der Waals surface area (Å²) in [5, 5.41) is 5.72. The van der Waals surface area contributed by atoms with Crippen LogP contribution in [0.4, 0.5) is 15.8 Å². The maximum atomic E-state index is 13.8. The molecule has 5 nitrogen and oxygen atoms in total. The lowest BCUT2D eigenvalue weighted by molar-refractivity contribution is 0.0602. The monoisotopic (exact) mass is 295 g/mol. The first kappa shape index (κ1) is 14.3. The van der Waals surface area contributed by atoms with Crippen molar-refractivity contribution < 1.29 is 13.9 Å². The first-order valence-electron chi connectivity index (χ1n) is 5.83. The standard InChI is InChI=1S/C13H14FN3O2S/c1-7-17-8(6-20-7)5-16-12-3-9(13(18)19-2)11(15)4-10(12)14/h3-4,6,16H,5,15H2,1-2H3. The molecule has 0 saturated carbocycles. The zero-order chi connectivity index (χ0) is 14.7. The Hall–Kier alpha value is -2.15. The number of esters is 1. The van der Waals surface area contributed by atoms with Crippen LogP contribution < -0.4 is 11.1 Å². The normalized spacial score (nSPS) is 10.3. The van der Waals surface area contributed by atoms with Gasteiger partial charge < -0.3 is 15.8 Å². The zero-order valence-corrected chi connectivity index (χ0v) is 11.9. The Labute approximate surface area is 119 Å². The molecule has 106 valence electrons. The van der Waals surface area contributed by atoms with Gasteiger partial charge >= 0.3 is 5.97 Å². The fourth-order valence-electron chi connectivity index (χ4n) is 1.69. The first-order valence-corrected chi connectivity index (χ1v) is 6.71. The number of aryl methyl sites for hydroxylation is 1. The highest BCUT2D eigenvalue weighted by molar-refractivity contribution is 7.09. The van der Waals surface area contributed by atoms with Gasteiger partial charge in [-0.05, 0) is 19.1 Å². The number of nitrogens with two attached hydrogens (primary N) is 1. The number of benzene rings is 1. The molecule has 3 N–H and O–H groups in total. The zero-order valence-electron chi connectivity index (χ0n) is 11.1. The molecule has 7 heteroatoms. The molecule has 1 heterocycles. The lowest BCUT2D eigenvalue weighted by atomic mass is 10.1. The molecule has 0 aliphatic heterocycles. The number of hydrogen-bond acceptors (Lipinski definition) is 6. The van der Waals surface area contributed by atoms with E-state index >= 15 is 0 Å². The van der Waals surface area contributed by atoms with Gasteiger partial charge in [0, 0.05) is 11.1 Å². The number of hydrogen-bond donors (Lipinski definition) is 2. The molecule has 0 saturated heterocycles. The number of methoxy groups -OCH3 is 1. The smallest absolute Gasteiger partial charge is 0.340 e. The van der Waals surface area contributed by atoms with Crippen molar-refractivity contribution in [2.24, 2.45) is 0 Å². The minimum Gasteiger partial charge on any atom is -0.465 e. The van der Waals surface area contributed by atoms with E-state index in [9.17, 15) is 9.18 Å². The molecular weight excluding hydrogens is 281 g/mol. The van der Waals surface area contributed by atoms with Crippen LogP contribution in [0.2, 0.25) is 0 Å². The average Bonchev–Trinajstić information content (AvgIpc) is 2.83. The SMILES string of the molecule is COC(=O)c1cc(NCc2csc(C)n2)c(F)cc1N. The van der Waals surface area contributed by atoms with Crippen LogP contribution in [-0.4, -0.2) is 18.1 Å². The van der Waals surface area contributed by atoms with Crippen molar-refractivity contribution >= 4 is 28.7 Å². The van der Waals surface area contributed by atoms with Crippen LogP contribution in [0, 0.1) is 12.7 Å². The summed E-state index contributed by atoms with van der Waals surface area (Å²) < 4.78 is 18.4. The van der Waals surface area contributed by atoms with Crippen molar-refractivity contribution in [2.75, 3.05) is 18.2 Å². The molecule has 0 amide bonds. The summed E-state index contributed by atoms with van der Waals surface area (Å²) in [6.07, 6.45) is 0. The van der Waals surface area contributed by atoms with E-state index in [0.29, 0.717) is 6.54 Å². The third-order valence-electron chi connectivity index (χ3n) is 2.67. The second-order valence-electron chi connectivity index (χ2n) is 4.12. The number of rotatable bonds is 4. The highest BCUT2D eigenvalue weighted by atomic mass is 32.1. The molecular formula is C13H14FN3O2S. The minimum atomic E-state index is -0.602. The maximum absolute atomic E-state index is 13.8. The predicted molar refractivity (Wildman–Crippen MR) is 76.3 cm³/mol. The van der Waals surface area contributed by atoms with Gasteiger partial charge in [0.05, 0.1) is 35.6 Å². The molecule has 2 rings (SSSR count). The van der Waals surface area contributed by atoms with Gasteiger partial charge in [0.1, 0.15) is 5.82 Å². The van der Waals surface area contributed by atoms with Crippen molar-refractivity contribution in [1.29, 1.82) is 0 Å². The third kappa shape index (κ3) is 3.05. The molecule has 0 atom stereocenters. The summed E-state index contributed by atoms with van der Waals surface area (Å²) in [4.78, 5) is 15.8. The highest BCUT2D eigenvalue weighted by Crippen LogP contribution is 2.23. The highest BCUT2D eigenvalue weighted by Gasteiger charge is 2.14. The van der Waals surface area contributed by atoms with Gasteiger partial charge in [-0.2, -0.15) is 0 Å². The van der Waals surface area contributed by atoms with Crippen molar-refractivity contribution in [3.05, 3.63) is 39.6 Å². The van der Waals surface area contributed by atoms with E-state index < -0.39 is 11.8 Å². The number of thiazole rings is 1. The second kappa shape index (κ2) is 5.87. The van der Waals surface area contributed by atoms with Gasteiger partial charge in [0.2, 0.25) is 0 Å². The number of nitrogen functional groups attached to an aromatic ring is 1. The first-order chi connectivity index (χ1) is 9.51. The molecule has 0 aliphatic rings. The fraction of sp³-hybridized carbons (Fsp3) is 0.231. The molecule has 0 fully saturated rings. The fourth-order valence-corrected chi connectivity index (χ4v) is 2.30. The number of anilines is 2. The summed E-state index contributed by atoms with van der Waals surface area (Å²) in [7, 11) is 1.25. The number of carbonyl (C=O) groups excluding carboxylic acids is 1. The van der Waals surface area contributed by atoms with Crippen LogP contribution in [0.3, 0.4) is 0 Å². The number of nitrogens with zero attached hydrogens (tertiary/aromatic N) is 1. The average molecular weight is 295 g/mol. The largest absolute Gasteiger partial charge is 0.465 e. The minimum absolute atomic E-state index is 0.0457. The summed E-state index contributed by atoms with van der Waals surface area (Å²) in [6.45, 7) is 2.26. The van der Waals surface area contributed by atoms with Crippen LogP contribution in [0.1, 0.15) is 21.1 Å². The van der Waals surface area contributed by atoms with E-state index in [1.165, 1.54) is 24.5 Å². The molecule has 2 aromatic rings. The number of halogens is 1. The lowest BCUT2D eigenvalue weighted by Crippen LogP contribution is -2.09. The predicted octanol–water partition coefficient (Wildman–Crippen LogP) is 2.57. The van der Waals surface area contributed by atoms with E-state index in [1.807, 2.05) is 12.3 Å². The van der Waals surface area contributed by atoms with E-state index in [1.54, 1.807) is 0 Å². The number of aromatic nitrogens is 1. The Bertz CT molecular complexity index is 643. The Kier molecular flexibility index (Phi) is 4.19. The van der Waals surface area contributed by atoms with Crippen molar-refractivity contribution in [3.63, 3.8) is 0 Å². The third-order valence-corrected chi connectivity index (χ3v) is 3.49. The topological polar surface area (TPSA) is 77.2 Å². The Balaban J connectivity index is 2.20. The van der Waals surface area contributed by atoms with E-state index in [0.717, 1.165) is 16.8 Å². The van der Waals surface area contributed by atoms with Gasteiger partial charge in [-0.3, -0.25) is 0 Å². The summed E-state index contributed by atoms with van der Waals surface area (Å²) in [5.74, 6) is -1.13. The van der Waals surface area contributed by atoms with E-state index in [-0.39, 0.29) is 16.9 Å². The molecule has 20 heavy (non-hydrogen) atoms. The van der Waals surface area contributed by atoms with Crippen LogP contribution in [0.5, 0.6) is 0 Å². The Morgan fingerprint density at radius 3 is 2.90 bits per heavy atom. The maximum Gasteiger partial charge on any atom is 0.340 e. The van der Waals surface area contributed by atoms with Gasteiger partial charge in [0.25, 0.3) is 0 Å². The van der Waals surface area contributed by atoms with Gasteiger partial charge in [-0.25, -0.2) is 14.2 Å². The molecule has 0 spiro atoms. The molecule has 1 aromatic heterocycles. The lowest BCUT2D eigenvalue weighted by Gasteiger charge is -2.10. The van der Waals surface area contributed by atoms with Gasteiger partial charge in [0.15, 0.2) is 0 Å². The van der Waals surface area contributed by atoms with E-state index in [2.05, 4.69) is 15.0 Å². The molecule has 0 aliphatic carbocycles.